The highest BCUT2D eigenvalue weighted by molar-refractivity contribution is 5.92. The van der Waals surface area contributed by atoms with Crippen LogP contribution >= 0.6 is 0 Å². The van der Waals surface area contributed by atoms with E-state index in [1.807, 2.05) is 40.0 Å². The van der Waals surface area contributed by atoms with Gasteiger partial charge >= 0.3 is 0 Å². The fourth-order valence-corrected chi connectivity index (χ4v) is 4.23. The molecule has 2 aliphatic rings. The summed E-state index contributed by atoms with van der Waals surface area (Å²) in [7, 11) is 0. The summed E-state index contributed by atoms with van der Waals surface area (Å²) in [6.07, 6.45) is 6.03. The zero-order valence-electron chi connectivity index (χ0n) is 16.3. The number of carbonyl (C=O) groups is 1. The van der Waals surface area contributed by atoms with Crippen LogP contribution in [0.3, 0.4) is 0 Å². The number of amides is 1. The number of piperidine rings is 1. The van der Waals surface area contributed by atoms with E-state index in [-0.39, 0.29) is 11.9 Å². The number of rotatable bonds is 3. The summed E-state index contributed by atoms with van der Waals surface area (Å²) in [6, 6.07) is 8.51. The molecule has 4 heterocycles. The maximum absolute atomic E-state index is 13.3. The standard InChI is InChI=1S/C21H29N5O/c1-16(2)24-11-7-13-26-17(15-24)14-19(23-26)21(27)25-12-6-4-9-20(25)18-8-3-5-10-22-18/h3,5,8,10,14,16,20H,4,6-7,9,11-13,15H2,1-2H3. The van der Waals surface area contributed by atoms with Crippen LogP contribution in [-0.4, -0.2) is 49.6 Å². The Labute approximate surface area is 161 Å². The first-order chi connectivity index (χ1) is 13.1. The van der Waals surface area contributed by atoms with E-state index in [9.17, 15) is 4.79 Å². The smallest absolute Gasteiger partial charge is 0.274 e. The molecule has 4 rings (SSSR count). The van der Waals surface area contributed by atoms with E-state index in [1.54, 1.807) is 0 Å². The molecule has 2 aliphatic heterocycles. The van der Waals surface area contributed by atoms with Gasteiger partial charge in [0, 0.05) is 38.4 Å². The van der Waals surface area contributed by atoms with E-state index in [2.05, 4.69) is 28.8 Å². The van der Waals surface area contributed by atoms with Gasteiger partial charge < -0.3 is 4.90 Å². The Kier molecular flexibility index (Phi) is 5.25. The third-order valence-electron chi connectivity index (χ3n) is 5.79. The van der Waals surface area contributed by atoms with Crippen molar-refractivity contribution in [2.75, 3.05) is 13.1 Å². The monoisotopic (exact) mass is 367 g/mol. The summed E-state index contributed by atoms with van der Waals surface area (Å²) in [6.45, 7) is 8.06. The molecule has 0 aliphatic carbocycles. The Bertz CT molecular complexity index is 785. The summed E-state index contributed by atoms with van der Waals surface area (Å²) in [5.74, 6) is 0.0435. The molecular formula is C21H29N5O. The third-order valence-corrected chi connectivity index (χ3v) is 5.79. The molecule has 0 bridgehead atoms. The van der Waals surface area contributed by atoms with Crippen molar-refractivity contribution in [3.8, 4) is 0 Å². The third kappa shape index (κ3) is 3.76. The number of aromatic nitrogens is 3. The molecule has 0 N–H and O–H groups in total. The van der Waals surface area contributed by atoms with Crippen LogP contribution in [-0.2, 0) is 13.1 Å². The SMILES string of the molecule is CC(C)N1CCCn2nc(C(=O)N3CCCCC3c3ccccn3)cc2C1. The van der Waals surface area contributed by atoms with Crippen molar-refractivity contribution >= 4 is 5.91 Å². The van der Waals surface area contributed by atoms with E-state index in [4.69, 9.17) is 0 Å². The van der Waals surface area contributed by atoms with E-state index >= 15 is 0 Å². The van der Waals surface area contributed by atoms with Crippen molar-refractivity contribution in [3.63, 3.8) is 0 Å². The molecule has 6 heteroatoms. The predicted octanol–water partition coefficient (Wildman–Crippen LogP) is 3.26. The lowest BCUT2D eigenvalue weighted by Gasteiger charge is -2.35. The molecule has 144 valence electrons. The maximum atomic E-state index is 13.3. The van der Waals surface area contributed by atoms with Crippen LogP contribution in [0.2, 0.25) is 0 Å². The number of pyridine rings is 1. The van der Waals surface area contributed by atoms with Crippen LogP contribution in [0.25, 0.3) is 0 Å². The van der Waals surface area contributed by atoms with E-state index in [0.29, 0.717) is 11.7 Å². The molecule has 1 saturated heterocycles. The molecule has 2 aromatic rings. The molecule has 1 amide bonds. The fourth-order valence-electron chi connectivity index (χ4n) is 4.23. The van der Waals surface area contributed by atoms with Gasteiger partial charge in [-0.3, -0.25) is 19.4 Å². The number of aryl methyl sites for hydroxylation is 1. The Balaban J connectivity index is 1.58. The lowest BCUT2D eigenvalue weighted by atomic mass is 9.98. The van der Waals surface area contributed by atoms with Gasteiger partial charge in [-0.1, -0.05) is 6.07 Å². The summed E-state index contributed by atoms with van der Waals surface area (Å²) in [5, 5.41) is 4.69. The van der Waals surface area contributed by atoms with Crippen LogP contribution in [0.5, 0.6) is 0 Å². The van der Waals surface area contributed by atoms with Crippen molar-refractivity contribution in [2.45, 2.75) is 64.7 Å². The number of fused-ring (bicyclic) bond motifs is 1. The largest absolute Gasteiger partial charge is 0.329 e. The number of hydrogen-bond acceptors (Lipinski definition) is 4. The molecule has 0 aromatic carbocycles. The lowest BCUT2D eigenvalue weighted by molar-refractivity contribution is 0.0599. The second kappa shape index (κ2) is 7.80. The normalized spacial score (nSPS) is 21.1. The van der Waals surface area contributed by atoms with Gasteiger partial charge in [0.25, 0.3) is 5.91 Å². The van der Waals surface area contributed by atoms with Gasteiger partial charge in [0.05, 0.1) is 17.4 Å². The molecule has 0 radical (unpaired) electrons. The van der Waals surface area contributed by atoms with E-state index in [0.717, 1.165) is 63.3 Å². The summed E-state index contributed by atoms with van der Waals surface area (Å²) in [4.78, 5) is 22.3. The number of likely N-dealkylation sites (tertiary alicyclic amines) is 1. The topological polar surface area (TPSA) is 54.3 Å². The quantitative estimate of drug-likeness (QED) is 0.836. The van der Waals surface area contributed by atoms with Crippen molar-refractivity contribution in [2.24, 2.45) is 0 Å². The molecule has 1 unspecified atom stereocenters. The van der Waals surface area contributed by atoms with Crippen LogP contribution in [0.1, 0.15) is 67.4 Å². The van der Waals surface area contributed by atoms with Gasteiger partial charge in [0.15, 0.2) is 5.69 Å². The average Bonchev–Trinajstić information content (AvgIpc) is 2.99. The second-order valence-corrected chi connectivity index (χ2v) is 7.93. The van der Waals surface area contributed by atoms with Gasteiger partial charge in [-0.05, 0) is 57.7 Å². The first-order valence-electron chi connectivity index (χ1n) is 10.2. The molecule has 1 fully saturated rings. The molecule has 6 nitrogen and oxygen atoms in total. The van der Waals surface area contributed by atoms with E-state index < -0.39 is 0 Å². The van der Waals surface area contributed by atoms with Crippen LogP contribution in [0.15, 0.2) is 30.5 Å². The molecule has 2 aromatic heterocycles. The van der Waals surface area contributed by atoms with E-state index in [1.165, 1.54) is 0 Å². The van der Waals surface area contributed by atoms with Crippen molar-refractivity contribution in [1.29, 1.82) is 0 Å². The van der Waals surface area contributed by atoms with Crippen LogP contribution < -0.4 is 0 Å². The van der Waals surface area contributed by atoms with Crippen LogP contribution in [0.4, 0.5) is 0 Å². The summed E-state index contributed by atoms with van der Waals surface area (Å²) in [5.41, 5.74) is 2.71. The fraction of sp³-hybridized carbons (Fsp3) is 0.571. The minimum Gasteiger partial charge on any atom is -0.329 e. The number of nitrogens with zero attached hydrogens (tertiary/aromatic N) is 5. The van der Waals surface area contributed by atoms with Crippen molar-refractivity contribution in [1.82, 2.24) is 24.6 Å². The molecule has 0 saturated carbocycles. The number of carbonyl (C=O) groups excluding carboxylic acids is 1. The Hall–Kier alpha value is -2.21. The summed E-state index contributed by atoms with van der Waals surface area (Å²) >= 11 is 0. The maximum Gasteiger partial charge on any atom is 0.274 e. The zero-order valence-corrected chi connectivity index (χ0v) is 16.3. The van der Waals surface area contributed by atoms with Gasteiger partial charge in [-0.25, -0.2) is 0 Å². The first kappa shape index (κ1) is 18.2. The van der Waals surface area contributed by atoms with Crippen molar-refractivity contribution < 1.29 is 4.79 Å². The molecule has 0 spiro atoms. The average molecular weight is 367 g/mol. The number of hydrogen-bond donors (Lipinski definition) is 0. The van der Waals surface area contributed by atoms with Gasteiger partial charge in [-0.2, -0.15) is 5.10 Å². The Morgan fingerprint density at radius 2 is 2.04 bits per heavy atom. The highest BCUT2D eigenvalue weighted by atomic mass is 16.2. The summed E-state index contributed by atoms with van der Waals surface area (Å²) < 4.78 is 2.04. The molecule has 1 atom stereocenters. The highest BCUT2D eigenvalue weighted by Gasteiger charge is 2.31. The Morgan fingerprint density at radius 3 is 2.81 bits per heavy atom. The minimum atomic E-state index is 0.0435. The molecule has 27 heavy (non-hydrogen) atoms. The zero-order chi connectivity index (χ0) is 18.8. The molecular weight excluding hydrogens is 338 g/mol. The van der Waals surface area contributed by atoms with Gasteiger partial charge in [-0.15, -0.1) is 0 Å². The van der Waals surface area contributed by atoms with Crippen LogP contribution in [0, 0.1) is 0 Å². The highest BCUT2D eigenvalue weighted by Crippen LogP contribution is 2.31. The van der Waals surface area contributed by atoms with Gasteiger partial charge in [0.1, 0.15) is 0 Å². The minimum absolute atomic E-state index is 0.0435. The first-order valence-corrected chi connectivity index (χ1v) is 10.2. The lowest BCUT2D eigenvalue weighted by Crippen LogP contribution is -2.39. The Morgan fingerprint density at radius 1 is 1.15 bits per heavy atom. The van der Waals surface area contributed by atoms with Gasteiger partial charge in [0.2, 0.25) is 0 Å². The predicted molar refractivity (Wildman–Crippen MR) is 104 cm³/mol. The second-order valence-electron chi connectivity index (χ2n) is 7.93. The van der Waals surface area contributed by atoms with Crippen molar-refractivity contribution in [3.05, 3.63) is 47.5 Å².